The molecule has 1 fully saturated rings. The van der Waals surface area contributed by atoms with Crippen molar-refractivity contribution in [1.82, 2.24) is 10.2 Å². The van der Waals surface area contributed by atoms with Crippen LogP contribution < -0.4 is 9.62 Å². The molecule has 0 unspecified atom stereocenters. The number of amides is 2. The third-order valence-corrected chi connectivity index (χ3v) is 9.03. The van der Waals surface area contributed by atoms with Crippen molar-refractivity contribution < 1.29 is 18.0 Å². The summed E-state index contributed by atoms with van der Waals surface area (Å²) in [6.45, 7) is 3.78. The third kappa shape index (κ3) is 8.19. The number of aryl methyl sites for hydroxylation is 2. The van der Waals surface area contributed by atoms with Crippen LogP contribution in [0, 0.1) is 6.92 Å². The summed E-state index contributed by atoms with van der Waals surface area (Å²) >= 11 is 0. The molecule has 7 nitrogen and oxygen atoms in total. The van der Waals surface area contributed by atoms with Crippen molar-refractivity contribution in [2.45, 2.75) is 71.0 Å². The Morgan fingerprint density at radius 3 is 2.15 bits per heavy atom. The van der Waals surface area contributed by atoms with Gasteiger partial charge in [-0.15, -0.1) is 0 Å². The second-order valence-electron chi connectivity index (χ2n) is 10.9. The van der Waals surface area contributed by atoms with Gasteiger partial charge in [0, 0.05) is 19.0 Å². The van der Waals surface area contributed by atoms with E-state index >= 15 is 0 Å². The molecule has 2 amide bonds. The van der Waals surface area contributed by atoms with Crippen molar-refractivity contribution in [2.75, 3.05) is 17.1 Å². The molecule has 1 N–H and O–H groups in total. The van der Waals surface area contributed by atoms with Gasteiger partial charge < -0.3 is 10.2 Å². The van der Waals surface area contributed by atoms with E-state index in [1.165, 1.54) is 0 Å². The van der Waals surface area contributed by atoms with Crippen LogP contribution in [0.2, 0.25) is 0 Å². The highest BCUT2D eigenvalue weighted by molar-refractivity contribution is 7.92. The van der Waals surface area contributed by atoms with Gasteiger partial charge in [-0.25, -0.2) is 8.42 Å². The van der Waals surface area contributed by atoms with Crippen molar-refractivity contribution in [3.8, 4) is 0 Å². The zero-order valence-electron chi connectivity index (χ0n) is 24.3. The van der Waals surface area contributed by atoms with Crippen LogP contribution in [-0.2, 0) is 39.0 Å². The van der Waals surface area contributed by atoms with Gasteiger partial charge in [-0.05, 0) is 60.6 Å². The lowest BCUT2D eigenvalue weighted by Crippen LogP contribution is -2.54. The van der Waals surface area contributed by atoms with Crippen LogP contribution in [0.4, 0.5) is 5.69 Å². The van der Waals surface area contributed by atoms with Crippen molar-refractivity contribution in [3.05, 3.63) is 101 Å². The second kappa shape index (κ2) is 13.8. The smallest absolute Gasteiger partial charge is 0.244 e. The zero-order chi connectivity index (χ0) is 29.4. The Hall–Kier alpha value is -3.65. The van der Waals surface area contributed by atoms with E-state index < -0.39 is 28.5 Å². The number of hydrogen-bond acceptors (Lipinski definition) is 4. The molecule has 0 spiro atoms. The van der Waals surface area contributed by atoms with Crippen LogP contribution in [0.1, 0.15) is 54.9 Å². The van der Waals surface area contributed by atoms with Crippen LogP contribution in [0.3, 0.4) is 0 Å². The van der Waals surface area contributed by atoms with Gasteiger partial charge in [0.25, 0.3) is 0 Å². The van der Waals surface area contributed by atoms with Crippen molar-refractivity contribution in [3.63, 3.8) is 0 Å². The van der Waals surface area contributed by atoms with E-state index in [-0.39, 0.29) is 18.5 Å². The Labute approximate surface area is 244 Å². The van der Waals surface area contributed by atoms with Crippen molar-refractivity contribution in [2.24, 2.45) is 0 Å². The van der Waals surface area contributed by atoms with E-state index in [2.05, 4.69) is 5.32 Å². The summed E-state index contributed by atoms with van der Waals surface area (Å²) in [7, 11) is -3.79. The highest BCUT2D eigenvalue weighted by Gasteiger charge is 2.34. The molecule has 1 aliphatic rings. The molecule has 0 radical (unpaired) electrons. The van der Waals surface area contributed by atoms with Crippen LogP contribution in [0.5, 0.6) is 0 Å². The zero-order valence-corrected chi connectivity index (χ0v) is 25.1. The van der Waals surface area contributed by atoms with Crippen LogP contribution >= 0.6 is 0 Å². The summed E-state index contributed by atoms with van der Waals surface area (Å²) in [5.74, 6) is -0.637. The number of sulfonamides is 1. The largest absolute Gasteiger partial charge is 0.352 e. The highest BCUT2D eigenvalue weighted by Crippen LogP contribution is 2.23. The lowest BCUT2D eigenvalue weighted by molar-refractivity contribution is -0.140. The summed E-state index contributed by atoms with van der Waals surface area (Å²) in [6.07, 6.45) is 6.23. The monoisotopic (exact) mass is 575 g/mol. The number of carbonyl (C=O) groups is 2. The SMILES string of the molecule is CCc1ccc(N(CC(=O)N(Cc2ccccc2C)[C@@H](Cc2ccccc2)C(=O)NC2CCCC2)S(C)(=O)=O)cc1. The summed E-state index contributed by atoms with van der Waals surface area (Å²) in [4.78, 5) is 29.7. The maximum atomic E-state index is 14.2. The molecule has 0 saturated heterocycles. The van der Waals surface area contributed by atoms with Gasteiger partial charge in [-0.3, -0.25) is 13.9 Å². The van der Waals surface area contributed by atoms with Crippen molar-refractivity contribution >= 4 is 27.5 Å². The number of carbonyl (C=O) groups excluding carboxylic acids is 2. The molecule has 0 heterocycles. The maximum Gasteiger partial charge on any atom is 0.244 e. The van der Waals surface area contributed by atoms with Gasteiger partial charge in [0.1, 0.15) is 12.6 Å². The Kier molecular flexibility index (Phi) is 10.2. The molecule has 41 heavy (non-hydrogen) atoms. The van der Waals surface area contributed by atoms with Crippen molar-refractivity contribution in [1.29, 1.82) is 0 Å². The number of nitrogens with one attached hydrogen (secondary N) is 1. The molecule has 1 saturated carbocycles. The summed E-state index contributed by atoms with van der Waals surface area (Å²) in [5, 5.41) is 3.20. The molecule has 8 heteroatoms. The molecule has 0 aliphatic heterocycles. The Bertz CT molecular complexity index is 1420. The van der Waals surface area contributed by atoms with Crippen LogP contribution in [0.25, 0.3) is 0 Å². The van der Waals surface area contributed by atoms with E-state index in [1.807, 2.05) is 80.6 Å². The molecule has 0 aromatic heterocycles. The predicted molar refractivity (Wildman–Crippen MR) is 164 cm³/mol. The number of rotatable bonds is 12. The number of benzene rings is 3. The number of nitrogens with zero attached hydrogens (tertiary/aromatic N) is 2. The fraction of sp³-hybridized carbons (Fsp3) is 0.394. The third-order valence-electron chi connectivity index (χ3n) is 7.89. The van der Waals surface area contributed by atoms with E-state index in [1.54, 1.807) is 17.0 Å². The Morgan fingerprint density at radius 1 is 0.902 bits per heavy atom. The van der Waals surface area contributed by atoms with Gasteiger partial charge >= 0.3 is 0 Å². The minimum absolute atomic E-state index is 0.0841. The van der Waals surface area contributed by atoms with Gasteiger partial charge in [-0.1, -0.05) is 86.5 Å². The average molecular weight is 576 g/mol. The quantitative estimate of drug-likeness (QED) is 0.329. The van der Waals surface area contributed by atoms with E-state index in [0.717, 1.165) is 64.9 Å². The summed E-state index contributed by atoms with van der Waals surface area (Å²) < 4.78 is 27.0. The summed E-state index contributed by atoms with van der Waals surface area (Å²) in [5.41, 5.74) is 4.32. The minimum atomic E-state index is -3.79. The molecule has 218 valence electrons. The van der Waals surface area contributed by atoms with E-state index in [4.69, 9.17) is 0 Å². The molecule has 4 rings (SSSR count). The molecular formula is C33H41N3O4S. The first-order valence-electron chi connectivity index (χ1n) is 14.4. The Balaban J connectivity index is 1.72. The first-order chi connectivity index (χ1) is 19.7. The fourth-order valence-electron chi connectivity index (χ4n) is 5.40. The normalized spacial score (nSPS) is 14.4. The molecule has 1 atom stereocenters. The van der Waals surface area contributed by atoms with Gasteiger partial charge in [-0.2, -0.15) is 0 Å². The molecule has 1 aliphatic carbocycles. The summed E-state index contributed by atoms with van der Waals surface area (Å²) in [6, 6.07) is 23.9. The standard InChI is InChI=1S/C33H41N3O4S/c1-4-26-18-20-30(21-19-26)36(41(3,39)40)24-32(37)35(23-28-15-9-8-12-25(28)2)31(22-27-13-6-5-7-14-27)33(38)34-29-16-10-11-17-29/h5-9,12-15,18-21,29,31H,4,10-11,16-17,22-24H2,1-3H3,(H,34,38)/t31-/m0/s1. The van der Waals surface area contributed by atoms with E-state index in [0.29, 0.717) is 12.1 Å². The Morgan fingerprint density at radius 2 is 1.54 bits per heavy atom. The topological polar surface area (TPSA) is 86.8 Å². The van der Waals surface area contributed by atoms with Gasteiger partial charge in [0.15, 0.2) is 0 Å². The number of anilines is 1. The van der Waals surface area contributed by atoms with E-state index in [9.17, 15) is 18.0 Å². The molecule has 3 aromatic carbocycles. The van der Waals surface area contributed by atoms with Gasteiger partial charge in [0.05, 0.1) is 11.9 Å². The fourth-order valence-corrected chi connectivity index (χ4v) is 6.25. The molecule has 3 aromatic rings. The predicted octanol–water partition coefficient (Wildman–Crippen LogP) is 5.02. The minimum Gasteiger partial charge on any atom is -0.352 e. The number of hydrogen-bond donors (Lipinski definition) is 1. The first kappa shape index (κ1) is 30.3. The van der Waals surface area contributed by atoms with Crippen LogP contribution in [-0.4, -0.2) is 50.0 Å². The average Bonchev–Trinajstić information content (AvgIpc) is 3.47. The highest BCUT2D eigenvalue weighted by atomic mass is 32.2. The lowest BCUT2D eigenvalue weighted by Gasteiger charge is -2.34. The molecule has 0 bridgehead atoms. The van der Waals surface area contributed by atoms with Crippen LogP contribution in [0.15, 0.2) is 78.9 Å². The first-order valence-corrected chi connectivity index (χ1v) is 16.3. The van der Waals surface area contributed by atoms with Gasteiger partial charge in [0.2, 0.25) is 21.8 Å². The second-order valence-corrected chi connectivity index (χ2v) is 12.8. The molecular weight excluding hydrogens is 534 g/mol. The lowest BCUT2D eigenvalue weighted by atomic mass is 10.0. The maximum absolute atomic E-state index is 14.2.